The van der Waals surface area contributed by atoms with Gasteiger partial charge in [-0.3, -0.25) is 0 Å². The molecular weight excluding hydrogens is 344 g/mol. The van der Waals surface area contributed by atoms with Gasteiger partial charge in [-0.1, -0.05) is 42.5 Å². The summed E-state index contributed by atoms with van der Waals surface area (Å²) in [6.07, 6.45) is 0. The summed E-state index contributed by atoms with van der Waals surface area (Å²) < 4.78 is 34.9. The lowest BCUT2D eigenvalue weighted by molar-refractivity contribution is 0.619. The summed E-state index contributed by atoms with van der Waals surface area (Å²) in [5.41, 5.74) is 3.39. The van der Waals surface area contributed by atoms with Gasteiger partial charge in [-0.2, -0.15) is 0 Å². The molecule has 0 aliphatic rings. The fourth-order valence-corrected chi connectivity index (χ4v) is 3.35. The highest BCUT2D eigenvalue weighted by molar-refractivity contribution is 6.08. The summed E-state index contributed by atoms with van der Waals surface area (Å²) in [5, 5.41) is 0.813. The molecule has 0 radical (unpaired) electrons. The average molecular weight is 357 g/mol. The lowest BCUT2D eigenvalue weighted by Crippen LogP contribution is -1.95. The Balaban J connectivity index is 1.93. The van der Waals surface area contributed by atoms with Crippen molar-refractivity contribution in [2.24, 2.45) is 0 Å². The maximum Gasteiger partial charge on any atom is 0.164 e. The van der Waals surface area contributed by atoms with Crippen molar-refractivity contribution in [2.75, 3.05) is 0 Å². The van der Waals surface area contributed by atoms with E-state index in [1.165, 1.54) is 24.3 Å². The molecule has 0 saturated carbocycles. The zero-order chi connectivity index (χ0) is 18.4. The molecule has 5 rings (SSSR count). The zero-order valence-corrected chi connectivity index (χ0v) is 14.1. The first-order valence-electron chi connectivity index (χ1n) is 8.54. The van der Waals surface area contributed by atoms with E-state index in [9.17, 15) is 4.39 Å². The third-order valence-corrected chi connectivity index (χ3v) is 4.63. The van der Waals surface area contributed by atoms with E-state index in [4.69, 9.17) is 4.42 Å². The molecule has 0 aliphatic carbocycles. The van der Waals surface area contributed by atoms with E-state index in [2.05, 4.69) is 4.98 Å². The lowest BCUT2D eigenvalue weighted by atomic mass is 10.0. The van der Waals surface area contributed by atoms with Gasteiger partial charge in [0.05, 0.1) is 5.56 Å². The number of aromatic nitrogens is 1. The van der Waals surface area contributed by atoms with Gasteiger partial charge < -0.3 is 4.42 Å². The van der Waals surface area contributed by atoms with Gasteiger partial charge in [0, 0.05) is 10.9 Å². The molecule has 3 aromatic carbocycles. The van der Waals surface area contributed by atoms with Crippen LogP contribution in [0.5, 0.6) is 0 Å². The highest BCUT2D eigenvalue weighted by atomic mass is 19.1. The first kappa shape index (κ1) is 15.7. The van der Waals surface area contributed by atoms with E-state index in [0.29, 0.717) is 33.4 Å². The minimum atomic E-state index is -0.487. The molecule has 2 nitrogen and oxygen atoms in total. The molecule has 0 fully saturated rings. The highest BCUT2D eigenvalue weighted by Gasteiger charge is 2.22. The number of furan rings is 1. The molecule has 0 unspecified atom stereocenters. The molecule has 2 aromatic heterocycles. The van der Waals surface area contributed by atoms with Crippen molar-refractivity contribution in [3.05, 3.63) is 90.5 Å². The number of para-hydroxylation sites is 1. The quantitative estimate of drug-likeness (QED) is 0.356. The molecule has 0 saturated heterocycles. The SMILES string of the molecule is Fc1ccc(-c2nc3c(oc4ccccc43)c(-c3ccccc3)c2F)cc1. The predicted molar refractivity (Wildman–Crippen MR) is 102 cm³/mol. The van der Waals surface area contributed by atoms with Crippen LogP contribution < -0.4 is 0 Å². The van der Waals surface area contributed by atoms with Gasteiger partial charge in [0.15, 0.2) is 11.4 Å². The first-order chi connectivity index (χ1) is 13.2. The van der Waals surface area contributed by atoms with Crippen LogP contribution in [0.15, 0.2) is 83.3 Å². The van der Waals surface area contributed by atoms with E-state index in [1.54, 1.807) is 0 Å². The van der Waals surface area contributed by atoms with E-state index >= 15 is 4.39 Å². The fourth-order valence-electron chi connectivity index (χ4n) is 3.35. The topological polar surface area (TPSA) is 26.0 Å². The maximum atomic E-state index is 15.6. The van der Waals surface area contributed by atoms with Crippen molar-refractivity contribution in [1.29, 1.82) is 0 Å². The number of nitrogens with zero attached hydrogens (tertiary/aromatic N) is 1. The van der Waals surface area contributed by atoms with Crippen molar-refractivity contribution in [1.82, 2.24) is 4.98 Å². The molecule has 2 heterocycles. The molecule has 5 aromatic rings. The summed E-state index contributed by atoms with van der Waals surface area (Å²) in [5.74, 6) is -0.864. The minimum absolute atomic E-state index is 0.174. The highest BCUT2D eigenvalue weighted by Crippen LogP contribution is 2.39. The van der Waals surface area contributed by atoms with Gasteiger partial charge in [0.1, 0.15) is 22.6 Å². The normalized spacial score (nSPS) is 11.3. The third kappa shape index (κ3) is 2.49. The van der Waals surface area contributed by atoms with Crippen LogP contribution >= 0.6 is 0 Å². The molecule has 0 N–H and O–H groups in total. The van der Waals surface area contributed by atoms with Crippen LogP contribution in [0, 0.1) is 11.6 Å². The van der Waals surface area contributed by atoms with Crippen LogP contribution in [-0.2, 0) is 0 Å². The number of hydrogen-bond donors (Lipinski definition) is 0. The van der Waals surface area contributed by atoms with E-state index in [1.807, 2.05) is 54.6 Å². The van der Waals surface area contributed by atoms with Crippen LogP contribution in [-0.4, -0.2) is 4.98 Å². The first-order valence-corrected chi connectivity index (χ1v) is 8.54. The Hall–Kier alpha value is -3.53. The van der Waals surface area contributed by atoms with Crippen molar-refractivity contribution < 1.29 is 13.2 Å². The second kappa shape index (κ2) is 6.02. The molecular formula is C23H13F2NO. The third-order valence-electron chi connectivity index (χ3n) is 4.63. The van der Waals surface area contributed by atoms with E-state index in [0.717, 1.165) is 5.39 Å². The lowest BCUT2D eigenvalue weighted by Gasteiger charge is -2.09. The Kier molecular flexibility index (Phi) is 3.50. The van der Waals surface area contributed by atoms with Gasteiger partial charge in [-0.25, -0.2) is 13.8 Å². The number of pyridine rings is 1. The molecule has 0 bridgehead atoms. The van der Waals surface area contributed by atoms with Crippen LogP contribution in [0.4, 0.5) is 8.78 Å². The van der Waals surface area contributed by atoms with Crippen molar-refractivity contribution in [3.8, 4) is 22.4 Å². The molecule has 0 aliphatic heterocycles. The van der Waals surface area contributed by atoms with Crippen molar-refractivity contribution in [3.63, 3.8) is 0 Å². The van der Waals surface area contributed by atoms with Gasteiger partial charge in [0.25, 0.3) is 0 Å². The molecule has 27 heavy (non-hydrogen) atoms. The van der Waals surface area contributed by atoms with Crippen molar-refractivity contribution in [2.45, 2.75) is 0 Å². The summed E-state index contributed by atoms with van der Waals surface area (Å²) in [6.45, 7) is 0. The van der Waals surface area contributed by atoms with Gasteiger partial charge in [0.2, 0.25) is 0 Å². The second-order valence-electron chi connectivity index (χ2n) is 6.30. The van der Waals surface area contributed by atoms with E-state index in [-0.39, 0.29) is 11.5 Å². The Morgan fingerprint density at radius 2 is 1.41 bits per heavy atom. The Morgan fingerprint density at radius 1 is 0.704 bits per heavy atom. The number of hydrogen-bond acceptors (Lipinski definition) is 2. The standard InChI is InChI=1S/C23H13F2NO/c24-16-12-10-15(11-13-16)21-20(25)19(14-6-2-1-3-7-14)23-22(26-21)17-8-4-5-9-18(17)27-23/h1-13H. The summed E-state index contributed by atoms with van der Waals surface area (Å²) in [4.78, 5) is 4.56. The second-order valence-corrected chi connectivity index (χ2v) is 6.30. The summed E-state index contributed by atoms with van der Waals surface area (Å²) in [6, 6.07) is 22.4. The number of benzene rings is 3. The van der Waals surface area contributed by atoms with Gasteiger partial charge in [-0.15, -0.1) is 0 Å². The smallest absolute Gasteiger partial charge is 0.164 e. The average Bonchev–Trinajstić information content (AvgIpc) is 3.07. The van der Waals surface area contributed by atoms with Crippen LogP contribution in [0.3, 0.4) is 0 Å². The summed E-state index contributed by atoms with van der Waals surface area (Å²) >= 11 is 0. The van der Waals surface area contributed by atoms with E-state index < -0.39 is 5.82 Å². The zero-order valence-electron chi connectivity index (χ0n) is 14.1. The van der Waals surface area contributed by atoms with Gasteiger partial charge >= 0.3 is 0 Å². The maximum absolute atomic E-state index is 15.6. The number of rotatable bonds is 2. The van der Waals surface area contributed by atoms with Crippen LogP contribution in [0.25, 0.3) is 44.5 Å². The molecule has 0 amide bonds. The van der Waals surface area contributed by atoms with Crippen LogP contribution in [0.1, 0.15) is 0 Å². The number of halogens is 2. The van der Waals surface area contributed by atoms with Crippen molar-refractivity contribution >= 4 is 22.1 Å². The largest absolute Gasteiger partial charge is 0.454 e. The Bertz CT molecular complexity index is 1280. The van der Waals surface area contributed by atoms with Crippen LogP contribution in [0.2, 0.25) is 0 Å². The molecule has 0 spiro atoms. The molecule has 130 valence electrons. The predicted octanol–water partition coefficient (Wildman–Crippen LogP) is 6.59. The monoisotopic (exact) mass is 357 g/mol. The summed E-state index contributed by atoms with van der Waals surface area (Å²) in [7, 11) is 0. The molecule has 4 heteroatoms. The van der Waals surface area contributed by atoms with Gasteiger partial charge in [-0.05, 0) is 42.0 Å². The Morgan fingerprint density at radius 3 is 2.19 bits per heavy atom. The molecule has 0 atom stereocenters. The number of fused-ring (bicyclic) bond motifs is 3. The Labute approximate surface area is 153 Å². The fraction of sp³-hybridized carbons (Fsp3) is 0. The minimum Gasteiger partial charge on any atom is -0.454 e.